The van der Waals surface area contributed by atoms with E-state index in [2.05, 4.69) is 48.4 Å². The predicted molar refractivity (Wildman–Crippen MR) is 115 cm³/mol. The van der Waals surface area contributed by atoms with E-state index in [0.717, 1.165) is 53.6 Å². The van der Waals surface area contributed by atoms with Crippen molar-refractivity contribution in [2.24, 2.45) is 0 Å². The topological polar surface area (TPSA) is 45.2 Å². The summed E-state index contributed by atoms with van der Waals surface area (Å²) < 4.78 is 0. The van der Waals surface area contributed by atoms with E-state index in [-0.39, 0.29) is 11.9 Å². The highest BCUT2D eigenvalue weighted by Gasteiger charge is 2.25. The van der Waals surface area contributed by atoms with Crippen molar-refractivity contribution < 1.29 is 4.79 Å². The van der Waals surface area contributed by atoms with E-state index in [1.807, 2.05) is 30.0 Å². The third-order valence-corrected chi connectivity index (χ3v) is 5.71. The molecule has 4 heteroatoms. The van der Waals surface area contributed by atoms with Crippen molar-refractivity contribution >= 4 is 22.5 Å². The van der Waals surface area contributed by atoms with Gasteiger partial charge in [0.15, 0.2) is 0 Å². The van der Waals surface area contributed by atoms with E-state index in [1.54, 1.807) is 6.20 Å². The van der Waals surface area contributed by atoms with Crippen molar-refractivity contribution in [3.05, 3.63) is 70.9 Å². The van der Waals surface area contributed by atoms with Crippen LogP contribution in [0.2, 0.25) is 0 Å². The molecule has 0 saturated carbocycles. The molecule has 2 heterocycles. The summed E-state index contributed by atoms with van der Waals surface area (Å²) in [6, 6.07) is 14.7. The smallest absolute Gasteiger partial charge is 0.254 e. The van der Waals surface area contributed by atoms with E-state index in [0.29, 0.717) is 0 Å². The molecule has 28 heavy (non-hydrogen) atoms. The highest BCUT2D eigenvalue weighted by atomic mass is 16.2. The number of aromatic nitrogens is 1. The fourth-order valence-electron chi connectivity index (χ4n) is 3.96. The summed E-state index contributed by atoms with van der Waals surface area (Å²) in [4.78, 5) is 19.7. The van der Waals surface area contributed by atoms with Gasteiger partial charge in [0.05, 0.1) is 11.1 Å². The fourth-order valence-corrected chi connectivity index (χ4v) is 3.96. The molecule has 2 aromatic carbocycles. The molecule has 0 aliphatic carbocycles. The van der Waals surface area contributed by atoms with Gasteiger partial charge in [-0.15, -0.1) is 0 Å². The van der Waals surface area contributed by atoms with Crippen molar-refractivity contribution in [2.45, 2.75) is 39.7 Å². The number of fused-ring (bicyclic) bond motifs is 1. The molecule has 4 rings (SSSR count). The van der Waals surface area contributed by atoms with Crippen LogP contribution in [0, 0.1) is 20.8 Å². The van der Waals surface area contributed by atoms with E-state index in [4.69, 9.17) is 0 Å². The Morgan fingerprint density at radius 1 is 1.07 bits per heavy atom. The Morgan fingerprint density at radius 2 is 1.93 bits per heavy atom. The number of rotatable bonds is 3. The van der Waals surface area contributed by atoms with Crippen LogP contribution in [0.4, 0.5) is 5.69 Å². The minimum atomic E-state index is 0.101. The predicted octanol–water partition coefficient (Wildman–Crippen LogP) is 4.88. The Hall–Kier alpha value is -2.88. The van der Waals surface area contributed by atoms with Gasteiger partial charge in [-0.05, 0) is 75.1 Å². The van der Waals surface area contributed by atoms with Crippen molar-refractivity contribution in [1.29, 1.82) is 0 Å². The van der Waals surface area contributed by atoms with Gasteiger partial charge in [-0.1, -0.05) is 17.7 Å². The monoisotopic (exact) mass is 373 g/mol. The Balaban J connectivity index is 1.54. The maximum Gasteiger partial charge on any atom is 0.254 e. The van der Waals surface area contributed by atoms with Gasteiger partial charge >= 0.3 is 0 Å². The lowest BCUT2D eigenvalue weighted by molar-refractivity contribution is 0.0717. The van der Waals surface area contributed by atoms with Crippen LogP contribution >= 0.6 is 0 Å². The van der Waals surface area contributed by atoms with Crippen LogP contribution in [0.25, 0.3) is 10.9 Å². The van der Waals surface area contributed by atoms with Crippen molar-refractivity contribution in [3.8, 4) is 0 Å². The lowest BCUT2D eigenvalue weighted by atomic mass is 10.0. The SMILES string of the molecule is Cc1ccc2nccc(C(=O)N3CCC[C@H](Nc4ccc(C)c(C)c4)C3)c2c1. The maximum absolute atomic E-state index is 13.3. The number of nitrogens with zero attached hydrogens (tertiary/aromatic N) is 2. The summed E-state index contributed by atoms with van der Waals surface area (Å²) in [5, 5.41) is 4.57. The molecule has 0 bridgehead atoms. The number of pyridine rings is 1. The number of likely N-dealkylation sites (tertiary alicyclic amines) is 1. The van der Waals surface area contributed by atoms with Crippen LogP contribution in [-0.4, -0.2) is 34.9 Å². The molecule has 3 aromatic rings. The highest BCUT2D eigenvalue weighted by molar-refractivity contribution is 6.06. The van der Waals surface area contributed by atoms with Crippen LogP contribution in [0.5, 0.6) is 0 Å². The molecule has 4 nitrogen and oxygen atoms in total. The first kappa shape index (κ1) is 18.5. The number of aryl methyl sites for hydroxylation is 3. The summed E-state index contributed by atoms with van der Waals surface area (Å²) in [5.41, 5.74) is 6.48. The number of nitrogens with one attached hydrogen (secondary N) is 1. The van der Waals surface area contributed by atoms with Gasteiger partial charge in [-0.2, -0.15) is 0 Å². The van der Waals surface area contributed by atoms with E-state index in [9.17, 15) is 4.79 Å². The second-order valence-electron chi connectivity index (χ2n) is 7.91. The quantitative estimate of drug-likeness (QED) is 0.712. The summed E-state index contributed by atoms with van der Waals surface area (Å²) in [6.45, 7) is 7.83. The lowest BCUT2D eigenvalue weighted by Gasteiger charge is -2.34. The van der Waals surface area contributed by atoms with Crippen molar-refractivity contribution in [3.63, 3.8) is 0 Å². The molecule has 0 spiro atoms. The number of piperidine rings is 1. The van der Waals surface area contributed by atoms with Crippen LogP contribution < -0.4 is 5.32 Å². The maximum atomic E-state index is 13.3. The number of carbonyl (C=O) groups is 1. The largest absolute Gasteiger partial charge is 0.381 e. The highest BCUT2D eigenvalue weighted by Crippen LogP contribution is 2.23. The van der Waals surface area contributed by atoms with Crippen LogP contribution in [0.1, 0.15) is 39.9 Å². The van der Waals surface area contributed by atoms with E-state index >= 15 is 0 Å². The molecular formula is C24H27N3O. The third-order valence-electron chi connectivity index (χ3n) is 5.71. The second kappa shape index (κ2) is 7.63. The zero-order chi connectivity index (χ0) is 19.7. The number of hydrogen-bond donors (Lipinski definition) is 1. The summed E-state index contributed by atoms with van der Waals surface area (Å²) >= 11 is 0. The normalized spacial score (nSPS) is 17.0. The van der Waals surface area contributed by atoms with Gasteiger partial charge in [-0.25, -0.2) is 0 Å². The van der Waals surface area contributed by atoms with Gasteiger partial charge in [0.1, 0.15) is 0 Å². The first-order valence-electron chi connectivity index (χ1n) is 10.00. The first-order chi connectivity index (χ1) is 13.5. The van der Waals surface area contributed by atoms with Crippen molar-refractivity contribution in [2.75, 3.05) is 18.4 Å². The number of amides is 1. The van der Waals surface area contributed by atoms with Gasteiger partial charge in [0.25, 0.3) is 5.91 Å². The lowest BCUT2D eigenvalue weighted by Crippen LogP contribution is -2.45. The number of carbonyl (C=O) groups excluding carboxylic acids is 1. The third kappa shape index (κ3) is 3.72. The van der Waals surface area contributed by atoms with Gasteiger partial charge < -0.3 is 10.2 Å². The van der Waals surface area contributed by atoms with Crippen molar-refractivity contribution in [1.82, 2.24) is 9.88 Å². The average Bonchev–Trinajstić information content (AvgIpc) is 2.70. The number of benzene rings is 2. The molecule has 1 fully saturated rings. The Kier molecular flexibility index (Phi) is 5.03. The molecular weight excluding hydrogens is 346 g/mol. The van der Waals surface area contributed by atoms with Gasteiger partial charge in [-0.3, -0.25) is 9.78 Å². The van der Waals surface area contributed by atoms with Crippen LogP contribution in [0.3, 0.4) is 0 Å². The molecule has 1 aliphatic rings. The van der Waals surface area contributed by atoms with Gasteiger partial charge in [0, 0.05) is 36.4 Å². The minimum Gasteiger partial charge on any atom is -0.381 e. The molecule has 0 unspecified atom stereocenters. The zero-order valence-electron chi connectivity index (χ0n) is 16.8. The minimum absolute atomic E-state index is 0.101. The molecule has 1 saturated heterocycles. The van der Waals surface area contributed by atoms with E-state index < -0.39 is 0 Å². The molecule has 1 N–H and O–H groups in total. The Morgan fingerprint density at radius 3 is 2.75 bits per heavy atom. The summed E-state index contributed by atoms with van der Waals surface area (Å²) in [6.07, 6.45) is 3.82. The average molecular weight is 374 g/mol. The molecule has 144 valence electrons. The summed E-state index contributed by atoms with van der Waals surface area (Å²) in [7, 11) is 0. The van der Waals surface area contributed by atoms with E-state index in [1.165, 1.54) is 11.1 Å². The molecule has 0 radical (unpaired) electrons. The van der Waals surface area contributed by atoms with Gasteiger partial charge in [0.2, 0.25) is 0 Å². The summed E-state index contributed by atoms with van der Waals surface area (Å²) in [5.74, 6) is 0.101. The van der Waals surface area contributed by atoms with Crippen LogP contribution in [0.15, 0.2) is 48.7 Å². The molecule has 1 aliphatic heterocycles. The molecule has 1 atom stereocenters. The Labute approximate surface area is 166 Å². The second-order valence-corrected chi connectivity index (χ2v) is 7.91. The zero-order valence-corrected chi connectivity index (χ0v) is 16.8. The van der Waals surface area contributed by atoms with Crippen LogP contribution in [-0.2, 0) is 0 Å². The first-order valence-corrected chi connectivity index (χ1v) is 10.00. The fraction of sp³-hybridized carbons (Fsp3) is 0.333. The Bertz CT molecular complexity index is 1030. The number of anilines is 1. The molecule has 1 amide bonds. The molecule has 1 aromatic heterocycles. The number of hydrogen-bond acceptors (Lipinski definition) is 3. The standard InChI is InChI=1S/C24H27N3O/c1-16-6-9-23-22(13-16)21(10-11-25-23)24(28)27-12-4-5-20(15-27)26-19-8-7-17(2)18(3)14-19/h6-11,13-14,20,26H,4-5,12,15H2,1-3H3/t20-/m0/s1.